The Hall–Kier alpha value is -1.67. The second-order valence-electron chi connectivity index (χ2n) is 4.44. The predicted molar refractivity (Wildman–Crippen MR) is 63.2 cm³/mol. The molecule has 90 valence electrons. The lowest BCUT2D eigenvalue weighted by Gasteiger charge is -2.28. The van der Waals surface area contributed by atoms with Crippen LogP contribution in [0.3, 0.4) is 0 Å². The molecular formula is C12H16N4O. The van der Waals surface area contributed by atoms with Crippen molar-refractivity contribution < 1.29 is 5.11 Å². The quantitative estimate of drug-likeness (QED) is 0.821. The maximum Gasteiger partial charge on any atom is 0.158 e. The molecule has 1 saturated carbocycles. The van der Waals surface area contributed by atoms with Crippen molar-refractivity contribution in [1.82, 2.24) is 9.97 Å². The molecular weight excluding hydrogens is 216 g/mol. The Kier molecular flexibility index (Phi) is 3.89. The smallest absolute Gasteiger partial charge is 0.158 e. The number of hydrogen-bond donors (Lipinski definition) is 2. The van der Waals surface area contributed by atoms with Crippen molar-refractivity contribution in [2.45, 2.75) is 31.7 Å². The van der Waals surface area contributed by atoms with E-state index in [0.29, 0.717) is 24.3 Å². The third-order valence-corrected chi connectivity index (χ3v) is 3.22. The van der Waals surface area contributed by atoms with Crippen LogP contribution >= 0.6 is 0 Å². The average Bonchev–Trinajstić information content (AvgIpc) is 2.40. The molecule has 0 bridgehead atoms. The van der Waals surface area contributed by atoms with Gasteiger partial charge in [0, 0.05) is 12.6 Å². The highest BCUT2D eigenvalue weighted by molar-refractivity contribution is 5.34. The molecule has 0 aliphatic heterocycles. The van der Waals surface area contributed by atoms with Gasteiger partial charge in [-0.3, -0.25) is 0 Å². The Labute approximate surface area is 101 Å². The number of aliphatic hydroxyl groups excluding tert-OH is 1. The summed E-state index contributed by atoms with van der Waals surface area (Å²) in [6.45, 7) is 0.295. The fourth-order valence-corrected chi connectivity index (χ4v) is 2.16. The van der Waals surface area contributed by atoms with Crippen LogP contribution in [0.15, 0.2) is 12.4 Å². The lowest BCUT2D eigenvalue weighted by molar-refractivity contribution is 0.185. The van der Waals surface area contributed by atoms with Crippen molar-refractivity contribution >= 4 is 5.82 Å². The van der Waals surface area contributed by atoms with E-state index in [0.717, 1.165) is 31.5 Å². The summed E-state index contributed by atoms with van der Waals surface area (Å²) < 4.78 is 0. The van der Waals surface area contributed by atoms with Crippen molar-refractivity contribution in [1.29, 1.82) is 5.26 Å². The van der Waals surface area contributed by atoms with Gasteiger partial charge in [-0.2, -0.15) is 5.26 Å². The number of anilines is 1. The second-order valence-corrected chi connectivity index (χ2v) is 4.44. The van der Waals surface area contributed by atoms with Gasteiger partial charge in [-0.05, 0) is 31.6 Å². The molecule has 5 nitrogen and oxygen atoms in total. The van der Waals surface area contributed by atoms with E-state index in [9.17, 15) is 0 Å². The van der Waals surface area contributed by atoms with E-state index in [1.807, 2.05) is 6.07 Å². The first-order valence-electron chi connectivity index (χ1n) is 5.91. The highest BCUT2D eigenvalue weighted by Crippen LogP contribution is 2.25. The molecule has 0 amide bonds. The van der Waals surface area contributed by atoms with E-state index in [1.54, 1.807) is 6.20 Å². The maximum atomic E-state index is 9.05. The summed E-state index contributed by atoms with van der Waals surface area (Å²) in [5.74, 6) is 1.18. The minimum Gasteiger partial charge on any atom is -0.396 e. The lowest BCUT2D eigenvalue weighted by atomic mass is 9.86. The number of rotatable bonds is 3. The van der Waals surface area contributed by atoms with Gasteiger partial charge in [-0.25, -0.2) is 9.97 Å². The number of nitrogens with one attached hydrogen (secondary N) is 1. The largest absolute Gasteiger partial charge is 0.396 e. The Balaban J connectivity index is 1.87. The van der Waals surface area contributed by atoms with E-state index >= 15 is 0 Å². The normalized spacial score (nSPS) is 24.0. The van der Waals surface area contributed by atoms with Crippen molar-refractivity contribution in [3.63, 3.8) is 0 Å². The Morgan fingerprint density at radius 2 is 2.06 bits per heavy atom. The molecule has 0 radical (unpaired) electrons. The van der Waals surface area contributed by atoms with Crippen LogP contribution in [0, 0.1) is 17.2 Å². The van der Waals surface area contributed by atoms with Gasteiger partial charge in [0.2, 0.25) is 0 Å². The molecule has 0 atom stereocenters. The molecule has 1 fully saturated rings. The molecule has 0 aromatic carbocycles. The van der Waals surface area contributed by atoms with Gasteiger partial charge in [0.05, 0.1) is 12.4 Å². The predicted octanol–water partition coefficient (Wildman–Crippen LogP) is 1.31. The first kappa shape index (κ1) is 11.8. The van der Waals surface area contributed by atoms with E-state index in [-0.39, 0.29) is 0 Å². The van der Waals surface area contributed by atoms with Crippen LogP contribution in [-0.2, 0) is 0 Å². The zero-order valence-corrected chi connectivity index (χ0v) is 9.63. The SMILES string of the molecule is N#Cc1cnc(NC2CCC(CO)CC2)cn1. The van der Waals surface area contributed by atoms with Crippen molar-refractivity contribution in [2.75, 3.05) is 11.9 Å². The monoisotopic (exact) mass is 232 g/mol. The maximum absolute atomic E-state index is 9.05. The zero-order valence-electron chi connectivity index (χ0n) is 9.63. The Morgan fingerprint density at radius 3 is 2.59 bits per heavy atom. The molecule has 1 aliphatic carbocycles. The number of aromatic nitrogens is 2. The lowest BCUT2D eigenvalue weighted by Crippen LogP contribution is -2.27. The molecule has 0 saturated heterocycles. The minimum atomic E-state index is 0.295. The van der Waals surface area contributed by atoms with E-state index in [4.69, 9.17) is 10.4 Å². The molecule has 2 N–H and O–H groups in total. The molecule has 2 rings (SSSR count). The van der Waals surface area contributed by atoms with E-state index in [1.165, 1.54) is 6.20 Å². The number of nitriles is 1. The molecule has 1 aromatic heterocycles. The fraction of sp³-hybridized carbons (Fsp3) is 0.583. The van der Waals surface area contributed by atoms with Crippen LogP contribution in [-0.4, -0.2) is 27.7 Å². The molecule has 1 heterocycles. The van der Waals surface area contributed by atoms with Gasteiger partial charge in [0.25, 0.3) is 0 Å². The zero-order chi connectivity index (χ0) is 12.1. The summed E-state index contributed by atoms with van der Waals surface area (Å²) in [6.07, 6.45) is 7.27. The molecule has 17 heavy (non-hydrogen) atoms. The summed E-state index contributed by atoms with van der Waals surface area (Å²) in [7, 11) is 0. The van der Waals surface area contributed by atoms with Gasteiger partial charge in [0.15, 0.2) is 5.69 Å². The summed E-state index contributed by atoms with van der Waals surface area (Å²) in [5, 5.41) is 21.0. The summed E-state index contributed by atoms with van der Waals surface area (Å²) in [6, 6.07) is 2.34. The third-order valence-electron chi connectivity index (χ3n) is 3.22. The molecule has 5 heteroatoms. The van der Waals surface area contributed by atoms with Crippen LogP contribution in [0.2, 0.25) is 0 Å². The number of hydrogen-bond acceptors (Lipinski definition) is 5. The van der Waals surface area contributed by atoms with Crippen LogP contribution in [0.4, 0.5) is 5.82 Å². The van der Waals surface area contributed by atoms with Crippen LogP contribution in [0.25, 0.3) is 0 Å². The van der Waals surface area contributed by atoms with Crippen molar-refractivity contribution in [3.8, 4) is 6.07 Å². The van der Waals surface area contributed by atoms with E-state index < -0.39 is 0 Å². The molecule has 0 unspecified atom stereocenters. The van der Waals surface area contributed by atoms with Crippen LogP contribution < -0.4 is 5.32 Å². The van der Waals surface area contributed by atoms with Crippen LogP contribution in [0.5, 0.6) is 0 Å². The fourth-order valence-electron chi connectivity index (χ4n) is 2.16. The topological polar surface area (TPSA) is 81.8 Å². The first-order chi connectivity index (χ1) is 8.31. The molecule has 1 aliphatic rings. The second kappa shape index (κ2) is 5.60. The van der Waals surface area contributed by atoms with Crippen molar-refractivity contribution in [2.24, 2.45) is 5.92 Å². The molecule has 1 aromatic rings. The Bertz CT molecular complexity index is 390. The van der Waals surface area contributed by atoms with Gasteiger partial charge < -0.3 is 10.4 Å². The Morgan fingerprint density at radius 1 is 1.29 bits per heavy atom. The van der Waals surface area contributed by atoms with Crippen LogP contribution in [0.1, 0.15) is 31.4 Å². The first-order valence-corrected chi connectivity index (χ1v) is 5.91. The minimum absolute atomic E-state index is 0.295. The van der Waals surface area contributed by atoms with Gasteiger partial charge >= 0.3 is 0 Å². The molecule has 0 spiro atoms. The highest BCUT2D eigenvalue weighted by Gasteiger charge is 2.20. The average molecular weight is 232 g/mol. The standard InChI is InChI=1S/C12H16N4O/c13-5-11-6-15-12(7-14-11)16-10-3-1-9(8-17)2-4-10/h6-7,9-10,17H,1-4,8H2,(H,15,16). The van der Waals surface area contributed by atoms with Gasteiger partial charge in [-0.1, -0.05) is 0 Å². The summed E-state index contributed by atoms with van der Waals surface area (Å²) >= 11 is 0. The summed E-state index contributed by atoms with van der Waals surface area (Å²) in [4.78, 5) is 8.10. The number of nitrogens with zero attached hydrogens (tertiary/aromatic N) is 3. The van der Waals surface area contributed by atoms with E-state index in [2.05, 4.69) is 15.3 Å². The highest BCUT2D eigenvalue weighted by atomic mass is 16.3. The number of aliphatic hydroxyl groups is 1. The van der Waals surface area contributed by atoms with Gasteiger partial charge in [-0.15, -0.1) is 0 Å². The third kappa shape index (κ3) is 3.14. The van der Waals surface area contributed by atoms with Crippen molar-refractivity contribution in [3.05, 3.63) is 18.1 Å². The van der Waals surface area contributed by atoms with Gasteiger partial charge in [0.1, 0.15) is 11.9 Å². The summed E-state index contributed by atoms with van der Waals surface area (Å²) in [5.41, 5.74) is 0.333.